The summed E-state index contributed by atoms with van der Waals surface area (Å²) in [4.78, 5) is 19.1. The van der Waals surface area contributed by atoms with Crippen LogP contribution in [0, 0.1) is 34.5 Å². The highest BCUT2D eigenvalue weighted by molar-refractivity contribution is 5.92. The van der Waals surface area contributed by atoms with Crippen molar-refractivity contribution in [1.29, 1.82) is 0 Å². The monoisotopic (exact) mass is 442 g/mol. The minimum atomic E-state index is -0.0572. The Labute approximate surface area is 195 Å². The number of hydrogen-bond acceptors (Lipinski definition) is 4. The van der Waals surface area contributed by atoms with E-state index in [1.807, 2.05) is 0 Å². The summed E-state index contributed by atoms with van der Waals surface area (Å²) >= 11 is 0. The number of morpholine rings is 1. The number of hydrogen-bond donors (Lipinski definition) is 0. The zero-order chi connectivity index (χ0) is 21.9. The summed E-state index contributed by atoms with van der Waals surface area (Å²) in [6, 6.07) is 1.03. The summed E-state index contributed by atoms with van der Waals surface area (Å²) in [5.74, 6) is 3.78. The average Bonchev–Trinajstić information content (AvgIpc) is 3.10. The summed E-state index contributed by atoms with van der Waals surface area (Å²) < 4.78 is 5.59. The van der Waals surface area contributed by atoms with Gasteiger partial charge in [0.1, 0.15) is 0 Å². The van der Waals surface area contributed by atoms with Crippen molar-refractivity contribution >= 4 is 5.78 Å². The van der Waals surface area contributed by atoms with Crippen molar-refractivity contribution < 1.29 is 9.53 Å². The predicted octanol–water partition coefficient (Wildman–Crippen LogP) is 4.76. The molecule has 2 heterocycles. The third-order valence-corrected chi connectivity index (χ3v) is 11.8. The van der Waals surface area contributed by atoms with Crippen LogP contribution in [0.5, 0.6) is 0 Å². The Hall–Kier alpha value is -0.450. The number of likely N-dealkylation sites (tertiary alicyclic amines) is 1. The van der Waals surface area contributed by atoms with Gasteiger partial charge in [-0.3, -0.25) is 9.69 Å². The average molecular weight is 443 g/mol. The second kappa shape index (κ2) is 8.34. The molecular formula is C28H46N2O2. The quantitative estimate of drug-likeness (QED) is 0.617. The van der Waals surface area contributed by atoms with E-state index in [1.165, 1.54) is 70.9 Å². The normalized spacial score (nSPS) is 50.5. The van der Waals surface area contributed by atoms with Crippen LogP contribution in [0.3, 0.4) is 0 Å². The lowest BCUT2D eigenvalue weighted by atomic mass is 9.45. The van der Waals surface area contributed by atoms with Gasteiger partial charge >= 0.3 is 0 Å². The van der Waals surface area contributed by atoms with Gasteiger partial charge in [0.25, 0.3) is 0 Å². The molecule has 180 valence electrons. The van der Waals surface area contributed by atoms with Crippen molar-refractivity contribution in [2.75, 3.05) is 39.4 Å². The number of carbonyl (C=O) groups is 1. The third-order valence-electron chi connectivity index (χ3n) is 11.8. The van der Waals surface area contributed by atoms with Crippen molar-refractivity contribution in [3.63, 3.8) is 0 Å². The molecule has 0 N–H and O–H groups in total. The maximum absolute atomic E-state index is 13.7. The highest BCUT2D eigenvalue weighted by Crippen LogP contribution is 2.66. The van der Waals surface area contributed by atoms with Crippen molar-refractivity contribution in [3.05, 3.63) is 0 Å². The summed E-state index contributed by atoms with van der Waals surface area (Å²) in [5.41, 5.74) is 0.467. The lowest BCUT2D eigenvalue weighted by molar-refractivity contribution is -0.143. The van der Waals surface area contributed by atoms with E-state index in [0.717, 1.165) is 62.9 Å². The molecule has 0 spiro atoms. The molecule has 2 saturated heterocycles. The van der Waals surface area contributed by atoms with Gasteiger partial charge in [-0.25, -0.2) is 0 Å². The minimum absolute atomic E-state index is 0.0572. The zero-order valence-corrected chi connectivity index (χ0v) is 20.7. The number of ketones is 1. The predicted molar refractivity (Wildman–Crippen MR) is 128 cm³/mol. The Morgan fingerprint density at radius 2 is 1.59 bits per heavy atom. The molecule has 8 atom stereocenters. The molecule has 6 aliphatic rings. The Morgan fingerprint density at radius 3 is 2.38 bits per heavy atom. The fourth-order valence-electron chi connectivity index (χ4n) is 9.84. The molecule has 4 aliphatic carbocycles. The van der Waals surface area contributed by atoms with Crippen LogP contribution >= 0.6 is 0 Å². The highest BCUT2D eigenvalue weighted by Gasteiger charge is 2.63. The molecule has 32 heavy (non-hydrogen) atoms. The second-order valence-corrected chi connectivity index (χ2v) is 12.9. The molecule has 0 aromatic carbocycles. The van der Waals surface area contributed by atoms with Gasteiger partial charge in [-0.1, -0.05) is 20.3 Å². The number of ether oxygens (including phenoxy) is 1. The van der Waals surface area contributed by atoms with Gasteiger partial charge in [0, 0.05) is 24.5 Å². The van der Waals surface area contributed by atoms with Crippen LogP contribution in [0.15, 0.2) is 0 Å². The molecule has 4 heteroatoms. The third kappa shape index (κ3) is 3.37. The van der Waals surface area contributed by atoms with E-state index >= 15 is 0 Å². The van der Waals surface area contributed by atoms with Gasteiger partial charge in [0.2, 0.25) is 0 Å². The summed E-state index contributed by atoms with van der Waals surface area (Å²) in [7, 11) is 0. The Kier molecular flexibility index (Phi) is 5.75. The first kappa shape index (κ1) is 22.0. The SMILES string of the molecule is C[C@]12CC[C@H](N3CCCCC3)C[C@@H]1CC[C@@H]1[C@@H]2CC[C@]2(C)C(=O)[C@@H](N3CCOCC3)C[C@@H]12. The molecule has 2 aliphatic heterocycles. The standard InChI is InChI=1S/C28H46N2O2/c1-27-10-8-21(29-12-4-3-5-13-29)18-20(27)6-7-22-23(27)9-11-28(2)24(22)19-25(26(28)31)30-14-16-32-17-15-30/h20-25H,3-19H2,1-2H3/t20-,21-,22+,23-,24-,25-,27-,28-/m0/s1. The van der Waals surface area contributed by atoms with Crippen molar-refractivity contribution in [2.24, 2.45) is 34.5 Å². The smallest absolute Gasteiger partial charge is 0.156 e. The number of Topliss-reactive ketones (excluding diaryl/α,β-unsaturated/α-hetero) is 1. The van der Waals surface area contributed by atoms with Gasteiger partial charge < -0.3 is 9.64 Å². The fraction of sp³-hybridized carbons (Fsp3) is 0.964. The number of rotatable bonds is 2. The van der Waals surface area contributed by atoms with E-state index in [-0.39, 0.29) is 11.5 Å². The molecule has 4 nitrogen and oxygen atoms in total. The van der Waals surface area contributed by atoms with Crippen molar-refractivity contribution in [2.45, 2.75) is 96.6 Å². The van der Waals surface area contributed by atoms with Gasteiger partial charge in [-0.15, -0.1) is 0 Å². The number of fused-ring (bicyclic) bond motifs is 5. The maximum Gasteiger partial charge on any atom is 0.156 e. The van der Waals surface area contributed by atoms with Gasteiger partial charge in [0.05, 0.1) is 19.3 Å². The molecule has 0 aromatic rings. The van der Waals surface area contributed by atoms with Gasteiger partial charge in [0.15, 0.2) is 5.78 Å². The van der Waals surface area contributed by atoms with Crippen molar-refractivity contribution in [3.8, 4) is 0 Å². The fourth-order valence-corrected chi connectivity index (χ4v) is 9.84. The molecule has 6 rings (SSSR count). The molecule has 0 amide bonds. The number of piperidine rings is 1. The number of carbonyl (C=O) groups excluding carboxylic acids is 1. The van der Waals surface area contributed by atoms with Gasteiger partial charge in [-0.05, 0) is 106 Å². The summed E-state index contributed by atoms with van der Waals surface area (Å²) in [6.45, 7) is 11.2. The molecule has 6 fully saturated rings. The van der Waals surface area contributed by atoms with E-state index in [0.29, 0.717) is 17.1 Å². The molecule has 0 aromatic heterocycles. The largest absolute Gasteiger partial charge is 0.379 e. The van der Waals surface area contributed by atoms with Crippen LogP contribution in [0.4, 0.5) is 0 Å². The minimum Gasteiger partial charge on any atom is -0.379 e. The van der Waals surface area contributed by atoms with Gasteiger partial charge in [-0.2, -0.15) is 0 Å². The van der Waals surface area contributed by atoms with Crippen LogP contribution < -0.4 is 0 Å². The van der Waals surface area contributed by atoms with E-state index in [2.05, 4.69) is 23.6 Å². The number of nitrogens with zero attached hydrogens (tertiary/aromatic N) is 2. The summed E-state index contributed by atoms with van der Waals surface area (Å²) in [5, 5.41) is 0. The molecule has 0 bridgehead atoms. The molecular weight excluding hydrogens is 396 g/mol. The summed E-state index contributed by atoms with van der Waals surface area (Å²) in [6.07, 6.45) is 15.0. The van der Waals surface area contributed by atoms with E-state index in [1.54, 1.807) is 0 Å². The van der Waals surface area contributed by atoms with Crippen LogP contribution in [-0.2, 0) is 9.53 Å². The van der Waals surface area contributed by atoms with Crippen LogP contribution in [-0.4, -0.2) is 67.1 Å². The van der Waals surface area contributed by atoms with Crippen LogP contribution in [0.25, 0.3) is 0 Å². The van der Waals surface area contributed by atoms with Crippen LogP contribution in [0.2, 0.25) is 0 Å². The maximum atomic E-state index is 13.7. The molecule has 0 unspecified atom stereocenters. The molecule has 4 saturated carbocycles. The second-order valence-electron chi connectivity index (χ2n) is 12.9. The molecule has 0 radical (unpaired) electrons. The Morgan fingerprint density at radius 1 is 0.812 bits per heavy atom. The zero-order valence-electron chi connectivity index (χ0n) is 20.7. The first-order valence-corrected chi connectivity index (χ1v) is 14.1. The van der Waals surface area contributed by atoms with Crippen molar-refractivity contribution in [1.82, 2.24) is 9.80 Å². The lowest BCUT2D eigenvalue weighted by Gasteiger charge is -2.61. The van der Waals surface area contributed by atoms with E-state index in [9.17, 15) is 4.79 Å². The van der Waals surface area contributed by atoms with E-state index < -0.39 is 0 Å². The first-order valence-electron chi connectivity index (χ1n) is 14.1. The topological polar surface area (TPSA) is 32.8 Å². The van der Waals surface area contributed by atoms with Crippen LogP contribution in [0.1, 0.15) is 84.5 Å². The first-order chi connectivity index (χ1) is 15.5. The Balaban J connectivity index is 1.19. The Bertz CT molecular complexity index is 714. The van der Waals surface area contributed by atoms with E-state index in [4.69, 9.17) is 4.74 Å². The highest BCUT2D eigenvalue weighted by atomic mass is 16.5. The lowest BCUT2D eigenvalue weighted by Crippen LogP contribution is -2.56.